The van der Waals surface area contributed by atoms with Crippen molar-refractivity contribution in [1.29, 1.82) is 0 Å². The summed E-state index contributed by atoms with van der Waals surface area (Å²) >= 11 is 0. The molecule has 0 radical (unpaired) electrons. The highest BCUT2D eigenvalue weighted by molar-refractivity contribution is 5.44. The smallest absolute Gasteiger partial charge is 0.224 e. The molecule has 1 fully saturated rings. The van der Waals surface area contributed by atoms with Crippen molar-refractivity contribution < 1.29 is 5.11 Å². The van der Waals surface area contributed by atoms with Crippen LogP contribution >= 0.6 is 0 Å². The molecule has 5 nitrogen and oxygen atoms in total. The first-order chi connectivity index (χ1) is 7.67. The monoisotopic (exact) mass is 222 g/mol. The topological polar surface area (TPSA) is 70.1 Å². The molecule has 0 bridgehead atoms. The second-order valence-corrected chi connectivity index (χ2v) is 4.39. The van der Waals surface area contributed by atoms with Crippen molar-refractivity contribution in [2.24, 2.45) is 0 Å². The summed E-state index contributed by atoms with van der Waals surface area (Å²) in [6.07, 6.45) is 3.17. The van der Waals surface area contributed by atoms with E-state index in [4.69, 9.17) is 0 Å². The van der Waals surface area contributed by atoms with Crippen LogP contribution < -0.4 is 10.6 Å². The third-order valence-electron chi connectivity index (χ3n) is 3.08. The summed E-state index contributed by atoms with van der Waals surface area (Å²) in [5.74, 6) is 1.39. The quantitative estimate of drug-likeness (QED) is 0.713. The van der Waals surface area contributed by atoms with E-state index in [1.54, 1.807) is 7.05 Å². The fourth-order valence-electron chi connectivity index (χ4n) is 1.94. The number of aromatic nitrogens is 2. The van der Waals surface area contributed by atoms with E-state index in [0.717, 1.165) is 30.8 Å². The van der Waals surface area contributed by atoms with Crippen LogP contribution in [-0.2, 0) is 0 Å². The number of aliphatic hydroxyl groups is 1. The van der Waals surface area contributed by atoms with Crippen LogP contribution in [-0.4, -0.2) is 34.3 Å². The maximum Gasteiger partial charge on any atom is 0.224 e. The molecular weight excluding hydrogens is 204 g/mol. The van der Waals surface area contributed by atoms with Crippen LogP contribution in [0.3, 0.4) is 0 Å². The van der Waals surface area contributed by atoms with Gasteiger partial charge in [0.05, 0.1) is 12.1 Å². The third-order valence-corrected chi connectivity index (χ3v) is 3.08. The number of nitrogens with one attached hydrogen (secondary N) is 2. The second kappa shape index (κ2) is 4.25. The summed E-state index contributed by atoms with van der Waals surface area (Å²) in [6, 6.07) is 1.90. The summed E-state index contributed by atoms with van der Waals surface area (Å²) < 4.78 is 0. The molecule has 0 unspecified atom stereocenters. The van der Waals surface area contributed by atoms with Gasteiger partial charge in [0.2, 0.25) is 5.95 Å². The molecule has 16 heavy (non-hydrogen) atoms. The lowest BCUT2D eigenvalue weighted by atomic mass is 9.77. The first kappa shape index (κ1) is 11.1. The van der Waals surface area contributed by atoms with Crippen LogP contribution in [0.25, 0.3) is 0 Å². The molecule has 0 spiro atoms. The summed E-state index contributed by atoms with van der Waals surface area (Å²) in [5, 5.41) is 15.6. The lowest BCUT2D eigenvalue weighted by molar-refractivity contribution is 0.144. The predicted octanol–water partition coefficient (Wildman–Crippen LogP) is 1.15. The van der Waals surface area contributed by atoms with Crippen molar-refractivity contribution >= 4 is 11.8 Å². The Morgan fingerprint density at radius 2 is 2.19 bits per heavy atom. The molecule has 1 aromatic rings. The van der Waals surface area contributed by atoms with E-state index in [-0.39, 0.29) is 12.1 Å². The van der Waals surface area contributed by atoms with Crippen molar-refractivity contribution in [3.05, 3.63) is 11.8 Å². The fourth-order valence-corrected chi connectivity index (χ4v) is 1.94. The number of hydrogen-bond donors (Lipinski definition) is 3. The van der Waals surface area contributed by atoms with E-state index in [2.05, 4.69) is 20.6 Å². The Morgan fingerprint density at radius 3 is 2.69 bits per heavy atom. The largest absolute Gasteiger partial charge is 0.394 e. The van der Waals surface area contributed by atoms with Crippen molar-refractivity contribution in [2.45, 2.75) is 31.7 Å². The first-order valence-electron chi connectivity index (χ1n) is 5.60. The van der Waals surface area contributed by atoms with E-state index < -0.39 is 0 Å². The number of rotatable bonds is 4. The average Bonchev–Trinajstić information content (AvgIpc) is 2.22. The predicted molar refractivity (Wildman–Crippen MR) is 63.6 cm³/mol. The molecule has 88 valence electrons. The number of aryl methyl sites for hydroxylation is 1. The van der Waals surface area contributed by atoms with E-state index in [1.165, 1.54) is 0 Å². The molecule has 0 saturated heterocycles. The maximum atomic E-state index is 9.37. The van der Waals surface area contributed by atoms with Crippen LogP contribution in [0.4, 0.5) is 11.8 Å². The first-order valence-corrected chi connectivity index (χ1v) is 5.60. The van der Waals surface area contributed by atoms with Gasteiger partial charge < -0.3 is 15.7 Å². The van der Waals surface area contributed by atoms with E-state index >= 15 is 0 Å². The molecule has 3 N–H and O–H groups in total. The van der Waals surface area contributed by atoms with Crippen LogP contribution in [0, 0.1) is 6.92 Å². The molecule has 2 rings (SSSR count). The summed E-state index contributed by atoms with van der Waals surface area (Å²) in [5.41, 5.74) is 0.750. The number of hydrogen-bond acceptors (Lipinski definition) is 5. The summed E-state index contributed by atoms with van der Waals surface area (Å²) in [4.78, 5) is 8.55. The molecule has 0 amide bonds. The minimum absolute atomic E-state index is 0.158. The highest BCUT2D eigenvalue weighted by Gasteiger charge is 2.36. The molecule has 1 aliphatic rings. The van der Waals surface area contributed by atoms with Gasteiger partial charge in [-0.1, -0.05) is 0 Å². The van der Waals surface area contributed by atoms with Crippen molar-refractivity contribution in [1.82, 2.24) is 9.97 Å². The van der Waals surface area contributed by atoms with Gasteiger partial charge in [-0.2, -0.15) is 4.98 Å². The lowest BCUT2D eigenvalue weighted by Crippen LogP contribution is -2.48. The van der Waals surface area contributed by atoms with Crippen LogP contribution in [0.15, 0.2) is 6.07 Å². The van der Waals surface area contributed by atoms with E-state index in [0.29, 0.717) is 5.95 Å². The van der Waals surface area contributed by atoms with Crippen LogP contribution in [0.2, 0.25) is 0 Å². The minimum atomic E-state index is -0.161. The van der Waals surface area contributed by atoms with Crippen molar-refractivity contribution in [2.75, 3.05) is 24.3 Å². The lowest BCUT2D eigenvalue weighted by Gasteiger charge is -2.41. The molecule has 1 aliphatic carbocycles. The van der Waals surface area contributed by atoms with Gasteiger partial charge in [-0.05, 0) is 26.2 Å². The molecule has 0 atom stereocenters. The maximum absolute atomic E-state index is 9.37. The zero-order chi connectivity index (χ0) is 11.6. The molecule has 1 heterocycles. The Labute approximate surface area is 95.3 Å². The highest BCUT2D eigenvalue weighted by Crippen LogP contribution is 2.34. The number of nitrogens with zero attached hydrogens (tertiary/aromatic N) is 2. The van der Waals surface area contributed by atoms with E-state index in [9.17, 15) is 5.11 Å². The Bertz CT molecular complexity index is 371. The Hall–Kier alpha value is -1.36. The molecule has 5 heteroatoms. The molecular formula is C11H18N4O. The minimum Gasteiger partial charge on any atom is -0.394 e. The Kier molecular flexibility index (Phi) is 2.96. The fraction of sp³-hybridized carbons (Fsp3) is 0.636. The average molecular weight is 222 g/mol. The SMILES string of the molecule is CNc1nc(C)cc(NC2(CO)CCC2)n1. The van der Waals surface area contributed by atoms with Gasteiger partial charge >= 0.3 is 0 Å². The standard InChI is InChI=1S/C11H18N4O/c1-8-6-9(14-10(12-2)13-8)15-11(7-16)4-3-5-11/h6,16H,3-5,7H2,1-2H3,(H2,12,13,14,15). The highest BCUT2D eigenvalue weighted by atomic mass is 16.3. The van der Waals surface area contributed by atoms with Gasteiger partial charge in [0, 0.05) is 18.8 Å². The zero-order valence-electron chi connectivity index (χ0n) is 9.75. The van der Waals surface area contributed by atoms with Crippen LogP contribution in [0.5, 0.6) is 0 Å². The molecule has 0 aliphatic heterocycles. The second-order valence-electron chi connectivity index (χ2n) is 4.39. The Balaban J connectivity index is 2.17. The molecule has 1 aromatic heterocycles. The normalized spacial score (nSPS) is 17.7. The zero-order valence-corrected chi connectivity index (χ0v) is 9.75. The van der Waals surface area contributed by atoms with Gasteiger partial charge in [-0.15, -0.1) is 0 Å². The Morgan fingerprint density at radius 1 is 1.44 bits per heavy atom. The number of anilines is 2. The van der Waals surface area contributed by atoms with Gasteiger partial charge in [-0.25, -0.2) is 4.98 Å². The van der Waals surface area contributed by atoms with Gasteiger partial charge in [-0.3, -0.25) is 0 Å². The number of aliphatic hydroxyl groups excluding tert-OH is 1. The molecule has 0 aromatic carbocycles. The van der Waals surface area contributed by atoms with Gasteiger partial charge in [0.25, 0.3) is 0 Å². The van der Waals surface area contributed by atoms with Crippen molar-refractivity contribution in [3.63, 3.8) is 0 Å². The third kappa shape index (κ3) is 2.09. The molecule has 1 saturated carbocycles. The van der Waals surface area contributed by atoms with E-state index in [1.807, 2.05) is 13.0 Å². The summed E-state index contributed by atoms with van der Waals surface area (Å²) in [6.45, 7) is 2.09. The van der Waals surface area contributed by atoms with Crippen LogP contribution in [0.1, 0.15) is 25.0 Å². The van der Waals surface area contributed by atoms with Crippen molar-refractivity contribution in [3.8, 4) is 0 Å². The van der Waals surface area contributed by atoms with Gasteiger partial charge in [0.15, 0.2) is 0 Å². The summed E-state index contributed by atoms with van der Waals surface area (Å²) in [7, 11) is 1.80. The van der Waals surface area contributed by atoms with Gasteiger partial charge in [0.1, 0.15) is 5.82 Å².